The van der Waals surface area contributed by atoms with E-state index in [9.17, 15) is 9.36 Å². The number of carbonyl (C=O) groups is 1. The van der Waals surface area contributed by atoms with Gasteiger partial charge in [0.05, 0.1) is 6.16 Å². The lowest BCUT2D eigenvalue weighted by Gasteiger charge is -1.95. The number of carbonyl (C=O) groups excluding carboxylic acids is 1. The summed E-state index contributed by atoms with van der Waals surface area (Å²) in [6, 6.07) is 0. The van der Waals surface area contributed by atoms with Crippen molar-refractivity contribution in [2.75, 3.05) is 6.16 Å². The molecular weight excluding hydrogens is 141 g/mol. The van der Waals surface area contributed by atoms with Gasteiger partial charge in [-0.05, 0) is 0 Å². The molecule has 1 unspecified atom stereocenters. The fraction of sp³-hybridized carbons (Fsp3) is 0.250. The topological polar surface area (TPSA) is 69.4 Å². The third-order valence-electron chi connectivity index (χ3n) is 0.525. The molecular formula is C4H8NO3P. The van der Waals surface area contributed by atoms with E-state index < -0.39 is 14.1 Å². The molecule has 0 rings (SSSR count). The third-order valence-corrected chi connectivity index (χ3v) is 1.58. The van der Waals surface area contributed by atoms with E-state index in [4.69, 9.17) is 0 Å². The van der Waals surface area contributed by atoms with Crippen LogP contribution in [-0.2, 0) is 9.09 Å². The first-order chi connectivity index (χ1) is 4.16. The van der Waals surface area contributed by atoms with Gasteiger partial charge in [0, 0.05) is 0 Å². The Morgan fingerprint density at radius 3 is 2.78 bits per heavy atom. The molecule has 52 valence electrons. The molecule has 5 heteroatoms. The van der Waals surface area contributed by atoms with Crippen LogP contribution in [0.15, 0.2) is 12.7 Å². The van der Waals surface area contributed by atoms with Crippen LogP contribution in [0.2, 0.25) is 0 Å². The number of rotatable bonds is 3. The van der Waals surface area contributed by atoms with Gasteiger partial charge in [-0.1, -0.05) is 6.08 Å². The summed E-state index contributed by atoms with van der Waals surface area (Å²) in [5.41, 5.74) is 4.55. The van der Waals surface area contributed by atoms with Crippen molar-refractivity contribution in [3.63, 3.8) is 0 Å². The minimum absolute atomic E-state index is 0.188. The van der Waals surface area contributed by atoms with Crippen LogP contribution < -0.4 is 5.73 Å². The summed E-state index contributed by atoms with van der Waals surface area (Å²) in [6.45, 7) is 3.30. The van der Waals surface area contributed by atoms with Crippen LogP contribution in [0, 0.1) is 0 Å². The Bertz CT molecular complexity index is 145. The molecule has 0 fully saturated rings. The highest BCUT2D eigenvalue weighted by Crippen LogP contribution is 2.20. The lowest BCUT2D eigenvalue weighted by Crippen LogP contribution is -2.08. The molecule has 0 aromatic carbocycles. The van der Waals surface area contributed by atoms with E-state index in [2.05, 4.69) is 16.8 Å². The van der Waals surface area contributed by atoms with Gasteiger partial charge in [-0.15, -0.1) is 6.58 Å². The zero-order valence-corrected chi connectivity index (χ0v) is 5.79. The van der Waals surface area contributed by atoms with Gasteiger partial charge in [0.25, 0.3) is 0 Å². The highest BCUT2D eigenvalue weighted by molar-refractivity contribution is 7.40. The van der Waals surface area contributed by atoms with E-state index in [0.29, 0.717) is 0 Å². The summed E-state index contributed by atoms with van der Waals surface area (Å²) in [5.74, 6) is 0. The van der Waals surface area contributed by atoms with Crippen LogP contribution in [0.25, 0.3) is 0 Å². The number of allylic oxidation sites excluding steroid dienone is 1. The third kappa shape index (κ3) is 5.11. The van der Waals surface area contributed by atoms with Gasteiger partial charge in [0.1, 0.15) is 0 Å². The highest BCUT2D eigenvalue weighted by Gasteiger charge is 1.98. The Hall–Kier alpha value is -0.760. The Balaban J connectivity index is 3.50. The van der Waals surface area contributed by atoms with E-state index >= 15 is 0 Å². The minimum atomic E-state index is -2.28. The van der Waals surface area contributed by atoms with Crippen LogP contribution in [0.1, 0.15) is 0 Å². The van der Waals surface area contributed by atoms with Gasteiger partial charge in [-0.2, -0.15) is 0 Å². The number of amides is 1. The van der Waals surface area contributed by atoms with Crippen LogP contribution in [-0.4, -0.2) is 12.3 Å². The summed E-state index contributed by atoms with van der Waals surface area (Å²) in [5, 5.41) is 0. The van der Waals surface area contributed by atoms with Crippen LogP contribution >= 0.6 is 8.03 Å². The lowest BCUT2D eigenvalue weighted by molar-refractivity contribution is 0.214. The zero-order chi connectivity index (χ0) is 7.28. The van der Waals surface area contributed by atoms with Gasteiger partial charge in [0.2, 0.25) is 8.03 Å². The molecule has 0 aliphatic rings. The first-order valence-electron chi connectivity index (χ1n) is 2.28. The van der Waals surface area contributed by atoms with Crippen molar-refractivity contribution in [3.8, 4) is 0 Å². The van der Waals surface area contributed by atoms with E-state index in [1.807, 2.05) is 0 Å². The molecule has 9 heavy (non-hydrogen) atoms. The largest absolute Gasteiger partial charge is 0.409 e. The molecule has 0 heterocycles. The van der Waals surface area contributed by atoms with Crippen molar-refractivity contribution in [1.82, 2.24) is 0 Å². The SMILES string of the molecule is C=CC[PH](=O)OC(N)=O. The Labute approximate surface area is 53.6 Å². The fourth-order valence-electron chi connectivity index (χ4n) is 0.272. The van der Waals surface area contributed by atoms with Crippen molar-refractivity contribution in [2.45, 2.75) is 0 Å². The van der Waals surface area contributed by atoms with E-state index in [-0.39, 0.29) is 6.16 Å². The van der Waals surface area contributed by atoms with Gasteiger partial charge in [-0.3, -0.25) is 4.57 Å². The molecule has 0 saturated carbocycles. The minimum Gasteiger partial charge on any atom is -0.398 e. The number of primary amides is 1. The van der Waals surface area contributed by atoms with Crippen molar-refractivity contribution in [2.24, 2.45) is 5.73 Å². The number of hydrogen-bond donors (Lipinski definition) is 1. The Morgan fingerprint density at radius 1 is 1.89 bits per heavy atom. The molecule has 0 bridgehead atoms. The van der Waals surface area contributed by atoms with Crippen molar-refractivity contribution >= 4 is 14.1 Å². The molecule has 1 amide bonds. The Kier molecular flexibility index (Phi) is 3.80. The number of hydrogen-bond acceptors (Lipinski definition) is 3. The van der Waals surface area contributed by atoms with Gasteiger partial charge >= 0.3 is 6.09 Å². The maximum atomic E-state index is 10.4. The van der Waals surface area contributed by atoms with Crippen LogP contribution in [0.5, 0.6) is 0 Å². The fourth-order valence-corrected chi connectivity index (χ4v) is 0.815. The molecule has 0 aliphatic heterocycles. The first kappa shape index (κ1) is 8.24. The summed E-state index contributed by atoms with van der Waals surface area (Å²) < 4.78 is 14.5. The lowest BCUT2D eigenvalue weighted by atomic mass is 10.8. The molecule has 4 nitrogen and oxygen atoms in total. The maximum Gasteiger partial charge on any atom is 0.409 e. The van der Waals surface area contributed by atoms with Crippen molar-refractivity contribution in [1.29, 1.82) is 0 Å². The summed E-state index contributed by atoms with van der Waals surface area (Å²) in [4.78, 5) is 9.88. The van der Waals surface area contributed by atoms with Crippen LogP contribution in [0.4, 0.5) is 4.79 Å². The maximum absolute atomic E-state index is 10.4. The van der Waals surface area contributed by atoms with Crippen LogP contribution in [0.3, 0.4) is 0 Å². The highest BCUT2D eigenvalue weighted by atomic mass is 31.1. The van der Waals surface area contributed by atoms with Gasteiger partial charge < -0.3 is 10.3 Å². The molecule has 0 saturated heterocycles. The molecule has 0 radical (unpaired) electrons. The molecule has 0 aliphatic carbocycles. The quantitative estimate of drug-likeness (QED) is 0.475. The summed E-state index contributed by atoms with van der Waals surface area (Å²) in [6.07, 6.45) is 0.596. The Morgan fingerprint density at radius 2 is 2.44 bits per heavy atom. The van der Waals surface area contributed by atoms with Gasteiger partial charge in [-0.25, -0.2) is 4.79 Å². The molecule has 0 aromatic rings. The molecule has 0 spiro atoms. The summed E-state index contributed by atoms with van der Waals surface area (Å²) >= 11 is 0. The first-order valence-corrected chi connectivity index (χ1v) is 3.80. The average Bonchev–Trinajstić information content (AvgIpc) is 1.63. The van der Waals surface area contributed by atoms with Crippen molar-refractivity contribution < 1.29 is 13.9 Å². The van der Waals surface area contributed by atoms with E-state index in [0.717, 1.165) is 0 Å². The van der Waals surface area contributed by atoms with Crippen molar-refractivity contribution in [3.05, 3.63) is 12.7 Å². The summed E-state index contributed by atoms with van der Waals surface area (Å²) in [7, 11) is -2.28. The predicted molar refractivity (Wildman–Crippen MR) is 34.7 cm³/mol. The normalized spacial score (nSPS) is 12.0. The van der Waals surface area contributed by atoms with E-state index in [1.54, 1.807) is 0 Å². The second-order valence-electron chi connectivity index (χ2n) is 1.29. The van der Waals surface area contributed by atoms with E-state index in [1.165, 1.54) is 6.08 Å². The zero-order valence-electron chi connectivity index (χ0n) is 4.79. The molecule has 1 atom stereocenters. The standard InChI is InChI=1S/C4H8NO3P/c1-2-3-9(7)8-4(5)6/h2,9H,1,3H2,(H2,5,6). The average molecular weight is 149 g/mol. The van der Waals surface area contributed by atoms with Gasteiger partial charge in [0.15, 0.2) is 0 Å². The number of nitrogens with two attached hydrogens (primary N) is 1. The monoisotopic (exact) mass is 149 g/mol. The molecule has 0 aromatic heterocycles. The molecule has 2 N–H and O–H groups in total. The smallest absolute Gasteiger partial charge is 0.398 e. The predicted octanol–water partition coefficient (Wildman–Crippen LogP) is 0.742. The second-order valence-corrected chi connectivity index (χ2v) is 2.64. The second kappa shape index (κ2) is 4.15.